The van der Waals surface area contributed by atoms with Crippen molar-refractivity contribution < 1.29 is 4.79 Å². The number of benzene rings is 1. The molecule has 4 rings (SSSR count). The fourth-order valence-corrected chi connectivity index (χ4v) is 4.92. The van der Waals surface area contributed by atoms with Crippen LogP contribution in [-0.2, 0) is 4.79 Å². The van der Waals surface area contributed by atoms with Gasteiger partial charge in [0.2, 0.25) is 0 Å². The predicted octanol–water partition coefficient (Wildman–Crippen LogP) is 6.33. The summed E-state index contributed by atoms with van der Waals surface area (Å²) >= 11 is 13.9. The van der Waals surface area contributed by atoms with Crippen molar-refractivity contribution >= 4 is 57.8 Å². The average molecular weight is 432 g/mol. The van der Waals surface area contributed by atoms with Crippen molar-refractivity contribution in [2.75, 3.05) is 0 Å². The molecule has 1 saturated carbocycles. The summed E-state index contributed by atoms with van der Waals surface area (Å²) in [6.07, 6.45) is 10.5. The molecular formula is C21H19Cl2N3OS. The molecule has 1 amide bonds. The molecule has 1 aliphatic carbocycles. The molecule has 144 valence electrons. The molecule has 1 aromatic carbocycles. The molecule has 1 saturated heterocycles. The largest absolute Gasteiger partial charge is 0.283 e. The lowest BCUT2D eigenvalue weighted by molar-refractivity contribution is -0.124. The molecule has 0 spiro atoms. The third kappa shape index (κ3) is 4.12. The first-order valence-corrected chi connectivity index (χ1v) is 10.9. The minimum Gasteiger partial charge on any atom is -0.283 e. The first-order valence-electron chi connectivity index (χ1n) is 9.29. The lowest BCUT2D eigenvalue weighted by Gasteiger charge is -2.30. The van der Waals surface area contributed by atoms with E-state index >= 15 is 0 Å². The molecule has 28 heavy (non-hydrogen) atoms. The quantitative estimate of drug-likeness (QED) is 0.533. The number of thioether (sulfide) groups is 1. The van der Waals surface area contributed by atoms with E-state index in [9.17, 15) is 4.79 Å². The van der Waals surface area contributed by atoms with E-state index in [1.165, 1.54) is 18.2 Å². The second kappa shape index (κ2) is 8.68. The topological polar surface area (TPSA) is 45.6 Å². The Balaban J connectivity index is 1.73. The van der Waals surface area contributed by atoms with Gasteiger partial charge in [-0.05, 0) is 48.4 Å². The van der Waals surface area contributed by atoms with E-state index in [-0.39, 0.29) is 11.9 Å². The van der Waals surface area contributed by atoms with E-state index in [1.807, 2.05) is 35.2 Å². The lowest BCUT2D eigenvalue weighted by Crippen LogP contribution is -2.40. The van der Waals surface area contributed by atoms with Crippen LogP contribution >= 0.6 is 35.0 Å². The van der Waals surface area contributed by atoms with Gasteiger partial charge in [0.05, 0.1) is 15.6 Å². The first kappa shape index (κ1) is 19.5. The molecule has 0 unspecified atom stereocenters. The summed E-state index contributed by atoms with van der Waals surface area (Å²) in [6.45, 7) is 0. The average Bonchev–Trinajstić information content (AvgIpc) is 3.01. The van der Waals surface area contributed by atoms with Crippen LogP contribution in [0.5, 0.6) is 0 Å². The van der Waals surface area contributed by atoms with Gasteiger partial charge in [-0.15, -0.1) is 0 Å². The highest BCUT2D eigenvalue weighted by atomic mass is 35.5. The number of rotatable bonds is 3. The van der Waals surface area contributed by atoms with Crippen molar-refractivity contribution in [3.05, 3.63) is 63.2 Å². The van der Waals surface area contributed by atoms with E-state index < -0.39 is 0 Å². The number of pyridine rings is 1. The predicted molar refractivity (Wildman–Crippen MR) is 117 cm³/mol. The van der Waals surface area contributed by atoms with E-state index in [0.29, 0.717) is 25.8 Å². The Morgan fingerprint density at radius 1 is 1.11 bits per heavy atom. The minimum atomic E-state index is -0.0132. The number of amidine groups is 1. The van der Waals surface area contributed by atoms with Crippen LogP contribution in [0.3, 0.4) is 0 Å². The van der Waals surface area contributed by atoms with Crippen molar-refractivity contribution in [2.24, 2.45) is 4.99 Å². The van der Waals surface area contributed by atoms with Crippen LogP contribution in [0.25, 0.3) is 6.08 Å². The zero-order chi connectivity index (χ0) is 19.5. The standard InChI is InChI=1S/C21H19Cl2N3OS/c22-16-9-5-4-6-14(16)12-19-20(27)26(15-7-2-1-3-8-15)21(28-19)25-18-10-11-24-13-17(18)23/h4-6,9-13,15H,1-3,7-8H2/b19-12-,25-21?. The number of nitrogens with zero attached hydrogens (tertiary/aromatic N) is 3. The highest BCUT2D eigenvalue weighted by Crippen LogP contribution is 2.39. The number of hydrogen-bond donors (Lipinski definition) is 0. The van der Waals surface area contributed by atoms with Crippen molar-refractivity contribution in [3.63, 3.8) is 0 Å². The molecule has 1 aliphatic heterocycles. The zero-order valence-electron chi connectivity index (χ0n) is 15.1. The third-order valence-electron chi connectivity index (χ3n) is 4.94. The minimum absolute atomic E-state index is 0.0132. The Morgan fingerprint density at radius 3 is 2.64 bits per heavy atom. The number of hydrogen-bond acceptors (Lipinski definition) is 4. The van der Waals surface area contributed by atoms with E-state index in [4.69, 9.17) is 28.2 Å². The summed E-state index contributed by atoms with van der Waals surface area (Å²) in [5.74, 6) is -0.0132. The number of aliphatic imine (C=N–C) groups is 1. The summed E-state index contributed by atoms with van der Waals surface area (Å²) < 4.78 is 0. The molecule has 1 aromatic heterocycles. The molecule has 0 bridgehead atoms. The Kier molecular flexibility index (Phi) is 6.04. The molecule has 0 N–H and O–H groups in total. The summed E-state index contributed by atoms with van der Waals surface area (Å²) in [7, 11) is 0. The van der Waals surface area contributed by atoms with Crippen molar-refractivity contribution in [1.29, 1.82) is 0 Å². The summed E-state index contributed by atoms with van der Waals surface area (Å²) in [6, 6.07) is 9.44. The van der Waals surface area contributed by atoms with Gasteiger partial charge < -0.3 is 0 Å². The van der Waals surface area contributed by atoms with Gasteiger partial charge in [-0.2, -0.15) is 0 Å². The molecule has 7 heteroatoms. The maximum atomic E-state index is 13.3. The maximum absolute atomic E-state index is 13.3. The molecule has 2 heterocycles. The van der Waals surface area contributed by atoms with Gasteiger partial charge in [-0.1, -0.05) is 60.7 Å². The Labute approximate surface area is 178 Å². The van der Waals surface area contributed by atoms with Crippen molar-refractivity contribution in [1.82, 2.24) is 9.88 Å². The number of aromatic nitrogens is 1. The fraction of sp³-hybridized carbons (Fsp3) is 0.286. The normalized spacial score (nSPS) is 21.1. The van der Waals surface area contributed by atoms with Crippen molar-refractivity contribution in [3.8, 4) is 0 Å². The van der Waals surface area contributed by atoms with Crippen molar-refractivity contribution in [2.45, 2.75) is 38.1 Å². The highest BCUT2D eigenvalue weighted by Gasteiger charge is 2.38. The van der Waals surface area contributed by atoms with Gasteiger partial charge in [0.25, 0.3) is 5.91 Å². The van der Waals surface area contributed by atoms with Gasteiger partial charge in [0, 0.05) is 23.5 Å². The summed E-state index contributed by atoms with van der Waals surface area (Å²) in [5, 5.41) is 1.76. The molecule has 4 nitrogen and oxygen atoms in total. The SMILES string of the molecule is O=C1/C(=C/c2ccccc2Cl)SC(=Nc2ccncc2Cl)N1C1CCCCC1. The van der Waals surface area contributed by atoms with Gasteiger partial charge in [-0.3, -0.25) is 14.7 Å². The van der Waals surface area contributed by atoms with Crippen LogP contribution in [0.2, 0.25) is 10.0 Å². The second-order valence-corrected chi connectivity index (χ2v) is 8.64. The smallest absolute Gasteiger partial charge is 0.267 e. The number of carbonyl (C=O) groups excluding carboxylic acids is 1. The molecular weight excluding hydrogens is 413 g/mol. The van der Waals surface area contributed by atoms with Gasteiger partial charge in [0.15, 0.2) is 5.17 Å². The van der Waals surface area contributed by atoms with Crippen LogP contribution in [0.4, 0.5) is 5.69 Å². The van der Waals surface area contributed by atoms with Crippen LogP contribution < -0.4 is 0 Å². The molecule has 0 radical (unpaired) electrons. The third-order valence-corrected chi connectivity index (χ3v) is 6.55. The molecule has 2 fully saturated rings. The molecule has 2 aliphatic rings. The lowest BCUT2D eigenvalue weighted by atomic mass is 9.94. The summed E-state index contributed by atoms with van der Waals surface area (Å²) in [4.78, 5) is 24.5. The number of halogens is 2. The monoisotopic (exact) mass is 431 g/mol. The first-order chi connectivity index (χ1) is 13.6. The molecule has 0 atom stereocenters. The Hall–Kier alpha value is -1.82. The van der Waals surface area contributed by atoms with Gasteiger partial charge in [-0.25, -0.2) is 4.99 Å². The van der Waals surface area contributed by atoms with Crippen LogP contribution in [-0.4, -0.2) is 27.0 Å². The van der Waals surface area contributed by atoms with Crippen LogP contribution in [0.15, 0.2) is 52.6 Å². The van der Waals surface area contributed by atoms with Crippen LogP contribution in [0.1, 0.15) is 37.7 Å². The van der Waals surface area contributed by atoms with E-state index in [0.717, 1.165) is 31.2 Å². The maximum Gasteiger partial charge on any atom is 0.267 e. The van der Waals surface area contributed by atoms with E-state index in [2.05, 4.69) is 4.98 Å². The number of carbonyl (C=O) groups is 1. The Bertz CT molecular complexity index is 954. The zero-order valence-corrected chi connectivity index (χ0v) is 17.5. The van der Waals surface area contributed by atoms with Crippen LogP contribution in [0, 0.1) is 0 Å². The van der Waals surface area contributed by atoms with E-state index in [1.54, 1.807) is 18.5 Å². The number of amides is 1. The highest BCUT2D eigenvalue weighted by molar-refractivity contribution is 8.18. The summed E-state index contributed by atoms with van der Waals surface area (Å²) in [5.41, 5.74) is 1.44. The van der Waals surface area contributed by atoms with Gasteiger partial charge in [0.1, 0.15) is 0 Å². The fourth-order valence-electron chi connectivity index (χ4n) is 3.52. The molecule has 2 aromatic rings. The second-order valence-electron chi connectivity index (χ2n) is 6.82. The Morgan fingerprint density at radius 2 is 1.89 bits per heavy atom. The van der Waals surface area contributed by atoms with Gasteiger partial charge >= 0.3 is 0 Å².